The number of carboxylic acid groups (broad SMARTS) is 1. The van der Waals surface area contributed by atoms with Crippen molar-refractivity contribution < 1.29 is 23.1 Å². The molecule has 1 heterocycles. The lowest BCUT2D eigenvalue weighted by molar-refractivity contribution is -0.142. The summed E-state index contributed by atoms with van der Waals surface area (Å²) in [5.74, 6) is -1.16. The van der Waals surface area contributed by atoms with Gasteiger partial charge in [0.15, 0.2) is 0 Å². The third-order valence-electron chi connectivity index (χ3n) is 3.52. The van der Waals surface area contributed by atoms with E-state index in [4.69, 9.17) is 16.1 Å². The van der Waals surface area contributed by atoms with Crippen molar-refractivity contribution in [3.63, 3.8) is 0 Å². The first-order valence-electron chi connectivity index (χ1n) is 6.06. The Kier molecular flexibility index (Phi) is 3.55. The first-order valence-corrected chi connectivity index (χ1v) is 6.06. The molecule has 112 valence electrons. The molecule has 1 saturated heterocycles. The van der Waals surface area contributed by atoms with Gasteiger partial charge >= 0.3 is 12.1 Å². The molecule has 1 aromatic rings. The van der Waals surface area contributed by atoms with Gasteiger partial charge in [-0.25, -0.2) is 0 Å². The molecule has 0 aliphatic carbocycles. The number of nitrogens with two attached hydrogens (primary N) is 1. The number of aliphatic carboxylic acids is 1. The van der Waals surface area contributed by atoms with E-state index in [-0.39, 0.29) is 13.0 Å². The van der Waals surface area contributed by atoms with Crippen LogP contribution in [0.25, 0.3) is 0 Å². The summed E-state index contributed by atoms with van der Waals surface area (Å²) in [4.78, 5) is 12.6. The van der Waals surface area contributed by atoms with Crippen LogP contribution in [0.1, 0.15) is 17.5 Å². The molecule has 2 rings (SSSR count). The lowest BCUT2D eigenvalue weighted by Gasteiger charge is -2.22. The van der Waals surface area contributed by atoms with Crippen LogP contribution in [0.3, 0.4) is 0 Å². The number of carbonyl (C=O) groups is 1. The summed E-state index contributed by atoms with van der Waals surface area (Å²) in [7, 11) is 0. The maximum absolute atomic E-state index is 12.7. The second-order valence-corrected chi connectivity index (χ2v) is 4.97. The summed E-state index contributed by atoms with van der Waals surface area (Å²) < 4.78 is 38.1. The van der Waals surface area contributed by atoms with E-state index in [2.05, 4.69) is 0 Å². The van der Waals surface area contributed by atoms with Crippen molar-refractivity contribution in [1.82, 2.24) is 0 Å². The lowest BCUT2D eigenvalue weighted by atomic mass is 10.0. The molecule has 5 nitrogen and oxygen atoms in total. The minimum atomic E-state index is -4.60. The maximum atomic E-state index is 12.7. The number of carboxylic acids is 1. The number of nitrogens with zero attached hydrogens (tertiary/aromatic N) is 2. The number of hydrogen-bond donors (Lipinski definition) is 2. The Morgan fingerprint density at radius 1 is 1.48 bits per heavy atom. The third kappa shape index (κ3) is 2.78. The van der Waals surface area contributed by atoms with Crippen molar-refractivity contribution in [1.29, 1.82) is 5.26 Å². The van der Waals surface area contributed by atoms with E-state index < -0.39 is 28.8 Å². The quantitative estimate of drug-likeness (QED) is 0.865. The number of anilines is 1. The number of hydrogen-bond acceptors (Lipinski definition) is 4. The average Bonchev–Trinajstić information content (AvgIpc) is 2.81. The molecule has 1 fully saturated rings. The van der Waals surface area contributed by atoms with Crippen LogP contribution in [-0.2, 0) is 11.0 Å². The zero-order chi connectivity index (χ0) is 15.8. The van der Waals surface area contributed by atoms with E-state index in [0.717, 1.165) is 12.1 Å². The Balaban J connectivity index is 2.32. The Morgan fingerprint density at radius 2 is 2.14 bits per heavy atom. The molecule has 0 amide bonds. The molecule has 0 saturated carbocycles. The number of nitriles is 1. The second-order valence-electron chi connectivity index (χ2n) is 4.97. The van der Waals surface area contributed by atoms with Crippen LogP contribution in [0.15, 0.2) is 18.2 Å². The van der Waals surface area contributed by atoms with Gasteiger partial charge in [-0.15, -0.1) is 0 Å². The summed E-state index contributed by atoms with van der Waals surface area (Å²) in [6.07, 6.45) is -4.42. The SMILES string of the molecule is N#Cc1cc(N2CCC(N)(C(=O)O)C2)ccc1C(F)(F)F. The molecule has 0 spiro atoms. The van der Waals surface area contributed by atoms with Crippen molar-refractivity contribution in [3.05, 3.63) is 29.3 Å². The van der Waals surface area contributed by atoms with E-state index >= 15 is 0 Å². The monoisotopic (exact) mass is 299 g/mol. The van der Waals surface area contributed by atoms with Gasteiger partial charge in [-0.2, -0.15) is 18.4 Å². The zero-order valence-electron chi connectivity index (χ0n) is 10.8. The molecule has 1 aliphatic heterocycles. The van der Waals surface area contributed by atoms with Crippen molar-refractivity contribution >= 4 is 11.7 Å². The Labute approximate surface area is 118 Å². The molecule has 1 aromatic carbocycles. The predicted molar refractivity (Wildman–Crippen MR) is 67.5 cm³/mol. The van der Waals surface area contributed by atoms with Crippen LogP contribution in [0, 0.1) is 11.3 Å². The van der Waals surface area contributed by atoms with Gasteiger partial charge in [0.2, 0.25) is 0 Å². The van der Waals surface area contributed by atoms with E-state index in [9.17, 15) is 18.0 Å². The first kappa shape index (κ1) is 15.1. The van der Waals surface area contributed by atoms with Gasteiger partial charge < -0.3 is 15.7 Å². The first-order chi connectivity index (χ1) is 9.67. The highest BCUT2D eigenvalue weighted by atomic mass is 19.4. The van der Waals surface area contributed by atoms with Crippen LogP contribution in [0.5, 0.6) is 0 Å². The molecule has 1 atom stereocenters. The summed E-state index contributed by atoms with van der Waals surface area (Å²) in [6, 6.07) is 4.67. The summed E-state index contributed by atoms with van der Waals surface area (Å²) in [5, 5.41) is 17.9. The maximum Gasteiger partial charge on any atom is 0.417 e. The highest BCUT2D eigenvalue weighted by Crippen LogP contribution is 2.35. The zero-order valence-corrected chi connectivity index (χ0v) is 10.8. The van der Waals surface area contributed by atoms with Crippen LogP contribution >= 0.6 is 0 Å². The van der Waals surface area contributed by atoms with Gasteiger partial charge in [0.25, 0.3) is 0 Å². The minimum Gasteiger partial charge on any atom is -0.480 e. The van der Waals surface area contributed by atoms with Crippen LogP contribution in [-0.4, -0.2) is 29.7 Å². The van der Waals surface area contributed by atoms with E-state index in [1.165, 1.54) is 12.1 Å². The minimum absolute atomic E-state index is 0.0153. The Hall–Kier alpha value is -2.27. The van der Waals surface area contributed by atoms with Gasteiger partial charge in [-0.1, -0.05) is 0 Å². The highest BCUT2D eigenvalue weighted by Gasteiger charge is 2.42. The summed E-state index contributed by atoms with van der Waals surface area (Å²) in [5.41, 5.74) is 3.14. The molecular weight excluding hydrogens is 287 g/mol. The van der Waals surface area contributed by atoms with Crippen LogP contribution in [0.2, 0.25) is 0 Å². The van der Waals surface area contributed by atoms with Crippen LogP contribution < -0.4 is 10.6 Å². The van der Waals surface area contributed by atoms with E-state index in [1.807, 2.05) is 0 Å². The number of halogens is 3. The molecule has 21 heavy (non-hydrogen) atoms. The fraction of sp³-hybridized carbons (Fsp3) is 0.385. The third-order valence-corrected chi connectivity index (χ3v) is 3.52. The van der Waals surface area contributed by atoms with E-state index in [1.54, 1.807) is 4.90 Å². The number of rotatable bonds is 2. The predicted octanol–water partition coefficient (Wildman–Crippen LogP) is 1.57. The highest BCUT2D eigenvalue weighted by molar-refractivity contribution is 5.80. The van der Waals surface area contributed by atoms with Gasteiger partial charge in [0.1, 0.15) is 5.54 Å². The van der Waals surface area contributed by atoms with Gasteiger partial charge in [-0.05, 0) is 24.6 Å². The Morgan fingerprint density at radius 3 is 2.62 bits per heavy atom. The largest absolute Gasteiger partial charge is 0.480 e. The fourth-order valence-electron chi connectivity index (χ4n) is 2.30. The fourth-order valence-corrected chi connectivity index (χ4v) is 2.30. The van der Waals surface area contributed by atoms with Crippen molar-refractivity contribution in [3.8, 4) is 6.07 Å². The molecule has 8 heteroatoms. The molecule has 0 radical (unpaired) electrons. The standard InChI is InChI=1S/C13H12F3N3O2/c14-13(15,16)10-2-1-9(5-8(10)6-17)19-4-3-12(18,7-19)11(20)21/h1-2,5H,3-4,7,18H2,(H,20,21). The van der Waals surface area contributed by atoms with Crippen molar-refractivity contribution in [2.75, 3.05) is 18.0 Å². The van der Waals surface area contributed by atoms with Gasteiger partial charge in [0, 0.05) is 18.8 Å². The van der Waals surface area contributed by atoms with Gasteiger partial charge in [-0.3, -0.25) is 4.79 Å². The molecule has 1 aliphatic rings. The van der Waals surface area contributed by atoms with Crippen molar-refractivity contribution in [2.24, 2.45) is 5.73 Å². The normalized spacial score (nSPS) is 22.1. The smallest absolute Gasteiger partial charge is 0.417 e. The van der Waals surface area contributed by atoms with Crippen LogP contribution in [0.4, 0.5) is 18.9 Å². The number of benzene rings is 1. The number of alkyl halides is 3. The Bertz CT molecular complexity index is 624. The van der Waals surface area contributed by atoms with E-state index in [0.29, 0.717) is 12.2 Å². The average molecular weight is 299 g/mol. The molecule has 1 unspecified atom stereocenters. The lowest BCUT2D eigenvalue weighted by Crippen LogP contribution is -2.50. The topological polar surface area (TPSA) is 90.4 Å². The summed E-state index contributed by atoms with van der Waals surface area (Å²) in [6.45, 7) is 0.289. The van der Waals surface area contributed by atoms with Crippen molar-refractivity contribution in [2.45, 2.75) is 18.1 Å². The molecule has 0 aromatic heterocycles. The molecule has 0 bridgehead atoms. The summed E-state index contributed by atoms with van der Waals surface area (Å²) >= 11 is 0. The van der Waals surface area contributed by atoms with Gasteiger partial charge in [0.05, 0.1) is 17.2 Å². The second kappa shape index (κ2) is 4.93. The molecular formula is C13H12F3N3O2. The molecule has 3 N–H and O–H groups in total.